The van der Waals surface area contributed by atoms with Crippen molar-refractivity contribution in [2.24, 2.45) is 14.1 Å². The maximum Gasteiger partial charge on any atom is 0.573 e. The fourth-order valence-corrected chi connectivity index (χ4v) is 8.74. The van der Waals surface area contributed by atoms with E-state index in [9.17, 15) is 50.3 Å². The fraction of sp³-hybridized carbons (Fsp3) is 0.352. The Morgan fingerprint density at radius 3 is 1.39 bits per heavy atom. The molecule has 0 aliphatic carbocycles. The van der Waals surface area contributed by atoms with Gasteiger partial charge in [-0.2, -0.15) is 9.97 Å². The van der Waals surface area contributed by atoms with Gasteiger partial charge in [0.2, 0.25) is 0 Å². The van der Waals surface area contributed by atoms with Crippen molar-refractivity contribution in [1.29, 1.82) is 0 Å². The van der Waals surface area contributed by atoms with Gasteiger partial charge in [0.05, 0.1) is 26.3 Å². The highest BCUT2D eigenvalue weighted by atomic mass is 35.5. The van der Waals surface area contributed by atoms with Crippen LogP contribution in [0.5, 0.6) is 35.0 Å². The van der Waals surface area contributed by atoms with E-state index < -0.39 is 52.5 Å². The minimum Gasteiger partial charge on any atom is -0.425 e. The molecular formula is C54H54Cl2F6N8O12. The van der Waals surface area contributed by atoms with Crippen molar-refractivity contribution in [2.45, 2.75) is 91.1 Å². The van der Waals surface area contributed by atoms with Gasteiger partial charge in [-0.05, 0) is 73.0 Å². The van der Waals surface area contributed by atoms with Crippen LogP contribution in [0.25, 0.3) is 22.3 Å². The van der Waals surface area contributed by atoms with Gasteiger partial charge in [-0.15, -0.1) is 26.3 Å². The van der Waals surface area contributed by atoms with E-state index in [-0.39, 0.29) is 104 Å². The summed E-state index contributed by atoms with van der Waals surface area (Å²) >= 11 is 12.0. The molecule has 0 amide bonds. The lowest BCUT2D eigenvalue weighted by atomic mass is 10.1. The summed E-state index contributed by atoms with van der Waals surface area (Å²) in [7, 11) is 2.89. The van der Waals surface area contributed by atoms with Gasteiger partial charge in [-0.1, -0.05) is 73.4 Å². The van der Waals surface area contributed by atoms with E-state index in [0.717, 1.165) is 43.5 Å². The molecule has 0 bridgehead atoms. The van der Waals surface area contributed by atoms with Crippen LogP contribution in [-0.4, -0.2) is 86.6 Å². The molecule has 1 N–H and O–H groups in total. The monoisotopic (exact) mass is 1190 g/mol. The molecule has 1 aliphatic rings. The Hall–Kier alpha value is -7.91. The molecule has 1 fully saturated rings. The van der Waals surface area contributed by atoms with E-state index >= 15 is 0 Å². The average molecular weight is 1190 g/mol. The molecule has 20 nitrogen and oxygen atoms in total. The zero-order chi connectivity index (χ0) is 59.7. The Balaban J connectivity index is 0.000000226. The number of halogens is 8. The van der Waals surface area contributed by atoms with E-state index in [1.165, 1.54) is 52.1 Å². The summed E-state index contributed by atoms with van der Waals surface area (Å²) in [6.45, 7) is 6.40. The van der Waals surface area contributed by atoms with Gasteiger partial charge >= 0.3 is 36.1 Å². The number of aromatic nitrogens is 8. The smallest absolute Gasteiger partial charge is 0.425 e. The highest BCUT2D eigenvalue weighted by Crippen LogP contribution is 2.33. The highest BCUT2D eigenvalue weighted by Gasteiger charge is 2.36. The second kappa shape index (κ2) is 26.3. The third kappa shape index (κ3) is 15.1. The molecule has 1 aliphatic heterocycles. The molecule has 1 saturated heterocycles. The first-order chi connectivity index (χ1) is 38.9. The third-order valence-corrected chi connectivity index (χ3v) is 13.0. The van der Waals surface area contributed by atoms with Gasteiger partial charge in [0.25, 0.3) is 11.1 Å². The van der Waals surface area contributed by atoms with Crippen molar-refractivity contribution in [2.75, 3.05) is 19.8 Å². The quantitative estimate of drug-likeness (QED) is 0.0792. The molecule has 5 heterocycles. The number of aliphatic hydroxyl groups is 1. The number of benzene rings is 4. The van der Waals surface area contributed by atoms with Gasteiger partial charge < -0.3 is 33.5 Å². The first-order valence-electron chi connectivity index (χ1n) is 25.2. The van der Waals surface area contributed by atoms with Crippen molar-refractivity contribution in [3.63, 3.8) is 0 Å². The molecule has 0 saturated carbocycles. The zero-order valence-corrected chi connectivity index (χ0v) is 46.1. The highest BCUT2D eigenvalue weighted by molar-refractivity contribution is 6.30. The van der Waals surface area contributed by atoms with Crippen molar-refractivity contribution >= 4 is 51.3 Å². The van der Waals surface area contributed by atoms with Crippen LogP contribution >= 0.6 is 23.2 Å². The number of hydrogen-bond acceptors (Lipinski definition) is 14. The van der Waals surface area contributed by atoms with E-state index in [1.54, 1.807) is 62.4 Å². The number of aliphatic hydroxyl groups excluding tert-OH is 1. The van der Waals surface area contributed by atoms with Crippen LogP contribution < -0.4 is 41.4 Å². The van der Waals surface area contributed by atoms with Crippen molar-refractivity contribution in [3.05, 3.63) is 160 Å². The number of carbonyl (C=O) groups excluding carboxylic acids is 1. The predicted octanol–water partition coefficient (Wildman–Crippen LogP) is 9.49. The number of ketones is 1. The number of nitrogens with zero attached hydrogens (tertiary/aromatic N) is 8. The molecule has 4 aromatic heterocycles. The number of alkyl halides is 6. The number of rotatable bonds is 18. The number of aryl methyl sites for hydroxylation is 2. The molecule has 8 aromatic rings. The second-order valence-electron chi connectivity index (χ2n) is 18.1. The minimum atomic E-state index is -4.90. The molecule has 0 radical (unpaired) electrons. The summed E-state index contributed by atoms with van der Waals surface area (Å²) in [6, 6.07) is 23.1. The Labute approximate surface area is 471 Å². The van der Waals surface area contributed by atoms with E-state index in [2.05, 4.69) is 19.4 Å². The molecule has 82 heavy (non-hydrogen) atoms. The van der Waals surface area contributed by atoms with Gasteiger partial charge in [0.15, 0.2) is 28.1 Å². The van der Waals surface area contributed by atoms with Crippen LogP contribution in [0.3, 0.4) is 0 Å². The van der Waals surface area contributed by atoms with E-state index in [1.807, 2.05) is 6.92 Å². The minimum absolute atomic E-state index is 0.00215. The predicted molar refractivity (Wildman–Crippen MR) is 288 cm³/mol. The van der Waals surface area contributed by atoms with Crippen molar-refractivity contribution in [1.82, 2.24) is 37.4 Å². The SMILES string of the molecule is CCC(=O)CCn1c(=O)c2c(nc(Oc3cccc(OC(F)(F)F)c3)n2Cc2ccc(Cl)cc2)n(C)c1=O.CCC1(CCn2c(=O)c3c(nc(Oc4cccc(OC(F)(F)F)c4)n3Cc3ccc(Cl)cc3)n(C)c2=O)OCCO1.CCO. The molecular weight excluding hydrogens is 1140 g/mol. The van der Waals surface area contributed by atoms with Gasteiger partial charge in [0.1, 0.15) is 28.8 Å². The van der Waals surface area contributed by atoms with Gasteiger partial charge in [-0.25, -0.2) is 9.59 Å². The maximum absolute atomic E-state index is 13.8. The van der Waals surface area contributed by atoms with Crippen LogP contribution in [0.1, 0.15) is 57.6 Å². The standard InChI is InChI=1S/C27H26ClF3N4O6.C25H22ClF3N4O5.C2H6O/c1-3-26(38-13-14-39-26)11-12-34-23(36)21-22(33(2)25(34)37)32-24(35(21)16-17-7-9-18(28)10-8-17)40-19-5-4-6-20(15-19)41-27(29,30)31;1-3-17(34)11-12-32-22(35)20-21(31(2)24(32)36)30-23(33(20)14-15-7-9-16(26)10-8-15)37-18-5-4-6-19(13-18)38-25(27,28)29;1-2-3/h4-10,15H,3,11-14,16H2,1-2H3;4-10,13H,3,11-12,14H2,1-2H3;3H,2H2,1H3. The van der Waals surface area contributed by atoms with Crippen molar-refractivity contribution in [3.8, 4) is 35.0 Å². The molecule has 28 heteroatoms. The summed E-state index contributed by atoms with van der Waals surface area (Å²) in [6.07, 6.45) is -8.73. The normalized spacial score (nSPS) is 13.1. The lowest BCUT2D eigenvalue weighted by Crippen LogP contribution is -2.42. The number of fused-ring (bicyclic) bond motifs is 2. The topological polar surface area (TPSA) is 216 Å². The Bertz CT molecular complexity index is 3790. The maximum atomic E-state index is 13.8. The molecule has 438 valence electrons. The second-order valence-corrected chi connectivity index (χ2v) is 18.9. The fourth-order valence-electron chi connectivity index (χ4n) is 8.49. The largest absolute Gasteiger partial charge is 0.573 e. The van der Waals surface area contributed by atoms with Crippen LogP contribution in [0.2, 0.25) is 10.0 Å². The van der Waals surface area contributed by atoms with Crippen LogP contribution in [-0.2, 0) is 54.5 Å². The molecule has 4 aromatic carbocycles. The van der Waals surface area contributed by atoms with Crippen molar-refractivity contribution < 1.29 is 64.7 Å². The third-order valence-electron chi connectivity index (χ3n) is 12.5. The summed E-state index contributed by atoms with van der Waals surface area (Å²) in [5.74, 6) is -2.07. The number of hydrogen-bond donors (Lipinski definition) is 1. The van der Waals surface area contributed by atoms with Gasteiger partial charge in [0, 0.05) is 75.2 Å². The molecule has 9 rings (SSSR count). The number of Topliss-reactive ketones (excluding diaryl/α,β-unsaturated/α-hetero) is 1. The van der Waals surface area contributed by atoms with Gasteiger partial charge in [-0.3, -0.25) is 41.8 Å². The molecule has 0 spiro atoms. The van der Waals surface area contributed by atoms with Crippen LogP contribution in [0.4, 0.5) is 26.3 Å². The first kappa shape index (κ1) is 61.7. The average Bonchev–Trinajstić information content (AvgIpc) is 4.37. The Kier molecular flexibility index (Phi) is 19.8. The van der Waals surface area contributed by atoms with Crippen LogP contribution in [0.15, 0.2) is 116 Å². The van der Waals surface area contributed by atoms with Crippen LogP contribution in [0, 0.1) is 0 Å². The number of carbonyl (C=O) groups is 1. The number of ether oxygens (including phenoxy) is 6. The molecule has 0 atom stereocenters. The lowest BCUT2D eigenvalue weighted by Gasteiger charge is -2.26. The summed E-state index contributed by atoms with van der Waals surface area (Å²) in [4.78, 5) is 74.1. The summed E-state index contributed by atoms with van der Waals surface area (Å²) < 4.78 is 115. The van der Waals surface area contributed by atoms with E-state index in [4.69, 9.17) is 47.3 Å². The Morgan fingerprint density at radius 1 is 0.622 bits per heavy atom. The summed E-state index contributed by atoms with van der Waals surface area (Å²) in [5.41, 5.74) is -1.01. The molecule has 0 unspecified atom stereocenters. The lowest BCUT2D eigenvalue weighted by molar-refractivity contribution is -0.275. The Morgan fingerprint density at radius 2 is 1.01 bits per heavy atom. The summed E-state index contributed by atoms with van der Waals surface area (Å²) in [5, 5.41) is 8.57. The zero-order valence-electron chi connectivity index (χ0n) is 44.6. The van der Waals surface area contributed by atoms with E-state index in [0.29, 0.717) is 35.2 Å². The first-order valence-corrected chi connectivity index (χ1v) is 26.0. The number of imidazole rings is 2.